The first-order valence-electron chi connectivity index (χ1n) is 5.33. The summed E-state index contributed by atoms with van der Waals surface area (Å²) in [6.45, 7) is 2.98. The molecule has 0 spiro atoms. The number of aliphatic imine (C=N–C) groups is 1. The van der Waals surface area contributed by atoms with Crippen LogP contribution in [0.25, 0.3) is 0 Å². The summed E-state index contributed by atoms with van der Waals surface area (Å²) in [6.07, 6.45) is -1.29. The van der Waals surface area contributed by atoms with Crippen LogP contribution < -0.4 is 11.4 Å². The van der Waals surface area contributed by atoms with Crippen molar-refractivity contribution in [1.82, 2.24) is 9.55 Å². The second kappa shape index (κ2) is 4.84. The van der Waals surface area contributed by atoms with E-state index in [0.29, 0.717) is 0 Å². The van der Waals surface area contributed by atoms with Crippen molar-refractivity contribution in [2.24, 2.45) is 4.99 Å². The van der Waals surface area contributed by atoms with E-state index in [4.69, 9.17) is 15.6 Å². The number of rotatable bonds is 3. The molecule has 1 fully saturated rings. The Balaban J connectivity index is 2.38. The lowest BCUT2D eigenvalue weighted by Crippen LogP contribution is -2.35. The Kier molecular flexibility index (Phi) is 3.41. The molecule has 1 aliphatic heterocycles. The van der Waals surface area contributed by atoms with E-state index in [1.54, 1.807) is 0 Å². The van der Waals surface area contributed by atoms with Gasteiger partial charge in [0, 0.05) is 6.20 Å². The van der Waals surface area contributed by atoms with Gasteiger partial charge in [0.05, 0.1) is 6.61 Å². The van der Waals surface area contributed by atoms with Gasteiger partial charge in [-0.1, -0.05) is 0 Å². The summed E-state index contributed by atoms with van der Waals surface area (Å²) in [6, 6.07) is 0.689. The van der Waals surface area contributed by atoms with Gasteiger partial charge >= 0.3 is 5.69 Å². The minimum absolute atomic E-state index is 0.0941. The van der Waals surface area contributed by atoms with E-state index in [1.807, 2.05) is 0 Å². The Morgan fingerprint density at radius 1 is 1.67 bits per heavy atom. The first kappa shape index (κ1) is 12.7. The zero-order chi connectivity index (χ0) is 13.3. The molecule has 4 atom stereocenters. The number of anilines is 1. The summed E-state index contributed by atoms with van der Waals surface area (Å²) in [4.78, 5) is 19.0. The minimum Gasteiger partial charge on any atom is -0.394 e. The quantitative estimate of drug-likeness (QED) is 0.544. The van der Waals surface area contributed by atoms with E-state index >= 15 is 0 Å². The van der Waals surface area contributed by atoms with E-state index in [1.165, 1.54) is 12.3 Å². The molecule has 0 saturated carbocycles. The summed E-state index contributed by atoms with van der Waals surface area (Å²) < 4.78 is 6.54. The third kappa shape index (κ3) is 2.01. The maximum absolute atomic E-state index is 11.7. The number of aliphatic hydroxyl groups excluding tert-OH is 2. The molecule has 0 unspecified atom stereocenters. The van der Waals surface area contributed by atoms with Crippen LogP contribution in [0, 0.1) is 0 Å². The largest absolute Gasteiger partial charge is 0.394 e. The lowest BCUT2D eigenvalue weighted by molar-refractivity contribution is -0.0463. The van der Waals surface area contributed by atoms with Gasteiger partial charge in [-0.05, 0) is 12.8 Å². The molecule has 18 heavy (non-hydrogen) atoms. The number of aliphatic hydroxyl groups is 2. The normalized spacial score (nSPS) is 31.4. The second-order valence-corrected chi connectivity index (χ2v) is 3.95. The number of hydrogen-bond acceptors (Lipinski definition) is 7. The van der Waals surface area contributed by atoms with E-state index in [9.17, 15) is 9.90 Å². The molecule has 8 heteroatoms. The first-order valence-corrected chi connectivity index (χ1v) is 5.33. The third-order valence-electron chi connectivity index (χ3n) is 2.85. The van der Waals surface area contributed by atoms with Crippen LogP contribution in [-0.2, 0) is 4.74 Å². The first-order chi connectivity index (χ1) is 8.58. The Labute approximate surface area is 102 Å². The third-order valence-corrected chi connectivity index (χ3v) is 2.85. The summed E-state index contributed by atoms with van der Waals surface area (Å²) in [5.41, 5.74) is 4.77. The van der Waals surface area contributed by atoms with E-state index < -0.39 is 30.2 Å². The summed E-state index contributed by atoms with van der Waals surface area (Å²) in [5.74, 6) is 0.0941. The van der Waals surface area contributed by atoms with Gasteiger partial charge in [-0.25, -0.2) is 4.79 Å². The van der Waals surface area contributed by atoms with E-state index in [2.05, 4.69) is 16.7 Å². The van der Waals surface area contributed by atoms with Gasteiger partial charge in [-0.3, -0.25) is 9.56 Å². The predicted octanol–water partition coefficient (Wildman–Crippen LogP) is -1.85. The highest BCUT2D eigenvalue weighted by molar-refractivity contribution is 5.26. The van der Waals surface area contributed by atoms with Gasteiger partial charge in [0.25, 0.3) is 0 Å². The van der Waals surface area contributed by atoms with Crippen molar-refractivity contribution in [3.8, 4) is 0 Å². The molecule has 98 valence electrons. The Morgan fingerprint density at radius 3 is 2.94 bits per heavy atom. The van der Waals surface area contributed by atoms with Crippen LogP contribution in [0.3, 0.4) is 0 Å². The van der Waals surface area contributed by atoms with Crippen molar-refractivity contribution in [1.29, 1.82) is 0 Å². The highest BCUT2D eigenvalue weighted by atomic mass is 16.5. The fraction of sp³-hybridized carbons (Fsp3) is 0.500. The standard InChI is InChI=1S/C10H14N4O4/c1-12-7-8(16)5(4-15)18-9(7)14-3-2-6(11)13-10(14)17/h2-3,5,7-9,15-16H,1,4H2,(H2,11,13,17)/t5-,7-,8-,9-/m1/s1. The Morgan fingerprint density at radius 2 is 2.39 bits per heavy atom. The number of nitrogens with two attached hydrogens (primary N) is 1. The summed E-state index contributed by atoms with van der Waals surface area (Å²) >= 11 is 0. The van der Waals surface area contributed by atoms with Crippen LogP contribution in [-0.4, -0.2) is 51.3 Å². The van der Waals surface area contributed by atoms with Gasteiger partial charge in [0.1, 0.15) is 24.1 Å². The summed E-state index contributed by atoms with van der Waals surface area (Å²) in [7, 11) is 0. The zero-order valence-electron chi connectivity index (χ0n) is 9.51. The van der Waals surface area contributed by atoms with Crippen LogP contribution in [0.4, 0.5) is 5.82 Å². The molecule has 0 radical (unpaired) electrons. The lowest BCUT2D eigenvalue weighted by atomic mass is 10.1. The molecule has 0 aliphatic carbocycles. The maximum atomic E-state index is 11.7. The number of ether oxygens (including phenoxy) is 1. The highest BCUT2D eigenvalue weighted by Crippen LogP contribution is 2.30. The van der Waals surface area contributed by atoms with Crippen LogP contribution in [0.2, 0.25) is 0 Å². The maximum Gasteiger partial charge on any atom is 0.351 e. The molecule has 0 aromatic carbocycles. The number of aromatic nitrogens is 2. The molecule has 1 aliphatic rings. The Bertz CT molecular complexity index is 503. The van der Waals surface area contributed by atoms with Crippen LogP contribution in [0.5, 0.6) is 0 Å². The molecule has 1 aromatic heterocycles. The predicted molar refractivity (Wildman–Crippen MR) is 63.2 cm³/mol. The van der Waals surface area contributed by atoms with Crippen LogP contribution in [0.15, 0.2) is 22.1 Å². The molecule has 4 N–H and O–H groups in total. The fourth-order valence-electron chi connectivity index (χ4n) is 1.93. The molecule has 8 nitrogen and oxygen atoms in total. The average Bonchev–Trinajstić information content (AvgIpc) is 2.65. The van der Waals surface area contributed by atoms with Crippen molar-refractivity contribution in [2.75, 3.05) is 12.3 Å². The number of nitrogens with zero attached hydrogens (tertiary/aromatic N) is 3. The van der Waals surface area contributed by atoms with Gasteiger partial charge in [-0.2, -0.15) is 4.98 Å². The van der Waals surface area contributed by atoms with Crippen molar-refractivity contribution >= 4 is 12.5 Å². The molecule has 1 aromatic rings. The minimum atomic E-state index is -1.03. The van der Waals surface area contributed by atoms with Crippen molar-refractivity contribution in [3.05, 3.63) is 22.7 Å². The van der Waals surface area contributed by atoms with Gasteiger partial charge in [-0.15, -0.1) is 0 Å². The molecular weight excluding hydrogens is 240 g/mol. The molecule has 0 bridgehead atoms. The molecular formula is C10H14N4O4. The monoisotopic (exact) mass is 254 g/mol. The topological polar surface area (TPSA) is 123 Å². The second-order valence-electron chi connectivity index (χ2n) is 3.95. The van der Waals surface area contributed by atoms with Crippen molar-refractivity contribution < 1.29 is 14.9 Å². The molecule has 1 saturated heterocycles. The van der Waals surface area contributed by atoms with Crippen LogP contribution in [0.1, 0.15) is 6.23 Å². The SMILES string of the molecule is C=N[C@@H]1[C@H](O)[C@@H](CO)O[C@H]1n1ccc(N)nc1=O. The lowest BCUT2D eigenvalue weighted by Gasteiger charge is -2.17. The molecule has 2 rings (SSSR count). The van der Waals surface area contributed by atoms with Gasteiger partial charge in [0.2, 0.25) is 0 Å². The van der Waals surface area contributed by atoms with Crippen LogP contribution >= 0.6 is 0 Å². The van der Waals surface area contributed by atoms with Gasteiger partial charge in [0.15, 0.2) is 6.23 Å². The van der Waals surface area contributed by atoms with E-state index in [0.717, 1.165) is 4.57 Å². The molecule has 0 amide bonds. The van der Waals surface area contributed by atoms with Gasteiger partial charge < -0.3 is 20.7 Å². The summed E-state index contributed by atoms with van der Waals surface area (Å²) in [5, 5.41) is 18.9. The van der Waals surface area contributed by atoms with Crippen molar-refractivity contribution in [2.45, 2.75) is 24.5 Å². The number of hydrogen-bond donors (Lipinski definition) is 3. The smallest absolute Gasteiger partial charge is 0.351 e. The van der Waals surface area contributed by atoms with E-state index in [-0.39, 0.29) is 12.4 Å². The molecule has 2 heterocycles. The zero-order valence-corrected chi connectivity index (χ0v) is 9.51. The fourth-order valence-corrected chi connectivity index (χ4v) is 1.93. The number of nitrogen functional groups attached to an aromatic ring is 1. The van der Waals surface area contributed by atoms with Crippen molar-refractivity contribution in [3.63, 3.8) is 0 Å². The Hall–Kier alpha value is -1.77. The average molecular weight is 254 g/mol. The highest BCUT2D eigenvalue weighted by Gasteiger charge is 2.44.